The van der Waals surface area contributed by atoms with Gasteiger partial charge < -0.3 is 5.73 Å². The molecule has 1 saturated heterocycles. The number of nitrogens with zero attached hydrogens (tertiary/aromatic N) is 1. The van der Waals surface area contributed by atoms with E-state index in [0.29, 0.717) is 25.1 Å². The van der Waals surface area contributed by atoms with Gasteiger partial charge in [-0.2, -0.15) is 0 Å². The van der Waals surface area contributed by atoms with Gasteiger partial charge >= 0.3 is 0 Å². The average molecular weight is 318 g/mol. The van der Waals surface area contributed by atoms with Crippen LogP contribution in [-0.2, 0) is 9.84 Å². The Labute approximate surface area is 123 Å². The summed E-state index contributed by atoms with van der Waals surface area (Å²) in [4.78, 5) is 2.05. The first-order valence-electron chi connectivity index (χ1n) is 6.93. The van der Waals surface area contributed by atoms with E-state index >= 15 is 0 Å². The third kappa shape index (κ3) is 4.46. The van der Waals surface area contributed by atoms with Crippen molar-refractivity contribution in [3.05, 3.63) is 35.4 Å². The van der Waals surface area contributed by atoms with Crippen LogP contribution in [-0.4, -0.2) is 44.0 Å². The fraction of sp³-hybridized carbons (Fsp3) is 0.571. The van der Waals surface area contributed by atoms with Crippen molar-refractivity contribution in [2.45, 2.75) is 25.4 Å². The Morgan fingerprint density at radius 3 is 2.52 bits per heavy atom. The SMILES string of the molecule is CC1CS(=O)(=O)CCN1CCC(N)c1cc(F)cc(F)c1. The van der Waals surface area contributed by atoms with Crippen molar-refractivity contribution in [1.29, 1.82) is 0 Å². The Morgan fingerprint density at radius 1 is 1.33 bits per heavy atom. The van der Waals surface area contributed by atoms with E-state index in [9.17, 15) is 17.2 Å². The van der Waals surface area contributed by atoms with E-state index in [4.69, 9.17) is 5.73 Å². The van der Waals surface area contributed by atoms with Crippen LogP contribution >= 0.6 is 0 Å². The van der Waals surface area contributed by atoms with Gasteiger partial charge in [0.25, 0.3) is 0 Å². The Hall–Kier alpha value is -1.05. The van der Waals surface area contributed by atoms with Gasteiger partial charge in [-0.1, -0.05) is 0 Å². The van der Waals surface area contributed by atoms with Gasteiger partial charge in [-0.3, -0.25) is 4.90 Å². The summed E-state index contributed by atoms with van der Waals surface area (Å²) in [5, 5.41) is 0. The van der Waals surface area contributed by atoms with Gasteiger partial charge in [0.2, 0.25) is 0 Å². The van der Waals surface area contributed by atoms with E-state index < -0.39 is 27.5 Å². The molecule has 0 spiro atoms. The molecular formula is C14H20F2N2O2S. The number of hydrogen-bond acceptors (Lipinski definition) is 4. The van der Waals surface area contributed by atoms with Crippen molar-refractivity contribution in [3.8, 4) is 0 Å². The zero-order chi connectivity index (χ0) is 15.6. The van der Waals surface area contributed by atoms with Gasteiger partial charge in [0.15, 0.2) is 9.84 Å². The monoisotopic (exact) mass is 318 g/mol. The molecule has 118 valence electrons. The maximum Gasteiger partial charge on any atom is 0.153 e. The van der Waals surface area contributed by atoms with Crippen LogP contribution < -0.4 is 5.73 Å². The normalized spacial score (nSPS) is 23.9. The van der Waals surface area contributed by atoms with Crippen molar-refractivity contribution in [2.75, 3.05) is 24.6 Å². The highest BCUT2D eigenvalue weighted by atomic mass is 32.2. The first-order chi connectivity index (χ1) is 9.77. The third-order valence-electron chi connectivity index (χ3n) is 3.85. The van der Waals surface area contributed by atoms with Crippen molar-refractivity contribution >= 4 is 9.84 Å². The van der Waals surface area contributed by atoms with Crippen molar-refractivity contribution in [1.82, 2.24) is 4.90 Å². The number of sulfone groups is 1. The summed E-state index contributed by atoms with van der Waals surface area (Å²) in [6.07, 6.45) is 0.521. The molecule has 1 aliphatic heterocycles. The van der Waals surface area contributed by atoms with Gasteiger partial charge in [-0.05, 0) is 31.0 Å². The van der Waals surface area contributed by atoms with Crippen LogP contribution in [0.3, 0.4) is 0 Å². The number of hydrogen-bond donors (Lipinski definition) is 1. The van der Waals surface area contributed by atoms with Gasteiger partial charge in [-0.15, -0.1) is 0 Å². The van der Waals surface area contributed by atoms with Crippen molar-refractivity contribution in [2.24, 2.45) is 5.73 Å². The molecule has 1 fully saturated rings. The summed E-state index contributed by atoms with van der Waals surface area (Å²) in [5.74, 6) is -0.978. The molecule has 0 aromatic heterocycles. The third-order valence-corrected chi connectivity index (χ3v) is 5.64. The molecule has 2 N–H and O–H groups in total. The second kappa shape index (κ2) is 6.37. The lowest BCUT2D eigenvalue weighted by Crippen LogP contribution is -2.47. The minimum atomic E-state index is -2.94. The molecule has 2 rings (SSSR count). The van der Waals surface area contributed by atoms with Crippen LogP contribution in [0.1, 0.15) is 24.9 Å². The molecule has 0 aliphatic carbocycles. The molecular weight excluding hydrogens is 298 g/mol. The first kappa shape index (κ1) is 16.3. The fourth-order valence-electron chi connectivity index (χ4n) is 2.63. The molecule has 1 heterocycles. The summed E-state index contributed by atoms with van der Waals surface area (Å²) < 4.78 is 49.3. The van der Waals surface area contributed by atoms with E-state index in [1.165, 1.54) is 12.1 Å². The predicted octanol–water partition coefficient (Wildman–Crippen LogP) is 1.47. The molecule has 0 saturated carbocycles. The van der Waals surface area contributed by atoms with Crippen LogP contribution in [0, 0.1) is 11.6 Å². The fourth-order valence-corrected chi connectivity index (χ4v) is 4.25. The zero-order valence-corrected chi connectivity index (χ0v) is 12.7. The van der Waals surface area contributed by atoms with Crippen LogP contribution in [0.4, 0.5) is 8.78 Å². The number of nitrogens with two attached hydrogens (primary N) is 1. The lowest BCUT2D eigenvalue weighted by atomic mass is 10.0. The summed E-state index contributed by atoms with van der Waals surface area (Å²) in [6.45, 7) is 2.95. The predicted molar refractivity (Wildman–Crippen MR) is 77.6 cm³/mol. The van der Waals surface area contributed by atoms with Gasteiger partial charge in [0.1, 0.15) is 11.6 Å². The second-order valence-corrected chi connectivity index (χ2v) is 7.83. The largest absolute Gasteiger partial charge is 0.324 e. The summed E-state index contributed by atoms with van der Waals surface area (Å²) >= 11 is 0. The number of rotatable bonds is 4. The molecule has 0 amide bonds. The van der Waals surface area contributed by atoms with E-state index in [-0.39, 0.29) is 17.5 Å². The molecule has 4 nitrogen and oxygen atoms in total. The Balaban J connectivity index is 1.93. The topological polar surface area (TPSA) is 63.4 Å². The molecule has 2 unspecified atom stereocenters. The highest BCUT2D eigenvalue weighted by Crippen LogP contribution is 2.19. The highest BCUT2D eigenvalue weighted by molar-refractivity contribution is 7.91. The number of benzene rings is 1. The van der Waals surface area contributed by atoms with E-state index in [0.717, 1.165) is 6.07 Å². The smallest absolute Gasteiger partial charge is 0.153 e. The van der Waals surface area contributed by atoms with Crippen molar-refractivity contribution in [3.63, 3.8) is 0 Å². The van der Waals surface area contributed by atoms with Crippen LogP contribution in [0.25, 0.3) is 0 Å². The zero-order valence-electron chi connectivity index (χ0n) is 11.9. The molecule has 1 aliphatic rings. The van der Waals surface area contributed by atoms with Gasteiger partial charge in [-0.25, -0.2) is 17.2 Å². The Morgan fingerprint density at radius 2 is 1.95 bits per heavy atom. The van der Waals surface area contributed by atoms with Crippen LogP contribution in [0.15, 0.2) is 18.2 Å². The molecule has 2 atom stereocenters. The lowest BCUT2D eigenvalue weighted by molar-refractivity contribution is 0.218. The maximum absolute atomic E-state index is 13.2. The first-order valence-corrected chi connectivity index (χ1v) is 8.75. The summed E-state index contributed by atoms with van der Waals surface area (Å²) in [6, 6.07) is 2.75. The molecule has 21 heavy (non-hydrogen) atoms. The summed E-state index contributed by atoms with van der Waals surface area (Å²) in [5.41, 5.74) is 6.39. The molecule has 0 radical (unpaired) electrons. The minimum absolute atomic E-state index is 0.0554. The molecule has 1 aromatic carbocycles. The number of halogens is 2. The molecule has 1 aromatic rings. The Bertz CT molecular complexity index is 587. The lowest BCUT2D eigenvalue weighted by Gasteiger charge is -2.33. The molecule has 0 bridgehead atoms. The molecule has 7 heteroatoms. The quantitative estimate of drug-likeness (QED) is 0.913. The van der Waals surface area contributed by atoms with Crippen molar-refractivity contribution < 1.29 is 17.2 Å². The summed E-state index contributed by atoms with van der Waals surface area (Å²) in [7, 11) is -2.94. The van der Waals surface area contributed by atoms with Crippen LogP contribution in [0.5, 0.6) is 0 Å². The van der Waals surface area contributed by atoms with E-state index in [2.05, 4.69) is 4.90 Å². The van der Waals surface area contributed by atoms with Gasteiger partial charge in [0.05, 0.1) is 11.5 Å². The standard InChI is InChI=1S/C14H20F2N2O2S/c1-10-9-21(19,20)5-4-18(10)3-2-14(17)11-6-12(15)8-13(16)7-11/h6-8,10,14H,2-5,9,17H2,1H3. The highest BCUT2D eigenvalue weighted by Gasteiger charge is 2.28. The minimum Gasteiger partial charge on any atom is -0.324 e. The second-order valence-electron chi connectivity index (χ2n) is 5.60. The average Bonchev–Trinajstić information content (AvgIpc) is 2.35. The Kier molecular flexibility index (Phi) is 4.95. The van der Waals surface area contributed by atoms with Crippen LogP contribution in [0.2, 0.25) is 0 Å². The maximum atomic E-state index is 13.2. The van der Waals surface area contributed by atoms with Gasteiger partial charge in [0, 0.05) is 31.2 Å². The van der Waals surface area contributed by atoms with E-state index in [1.54, 1.807) is 0 Å². The van der Waals surface area contributed by atoms with E-state index in [1.807, 2.05) is 6.92 Å².